The van der Waals surface area contributed by atoms with Gasteiger partial charge in [0.25, 0.3) is 0 Å². The maximum Gasteiger partial charge on any atom is 0.243 e. The van der Waals surface area contributed by atoms with E-state index in [0.717, 1.165) is 17.8 Å². The summed E-state index contributed by atoms with van der Waals surface area (Å²) in [6.45, 7) is 8.69. The summed E-state index contributed by atoms with van der Waals surface area (Å²) in [6, 6.07) is 1.77. The molecule has 2 aromatic heterocycles. The van der Waals surface area contributed by atoms with Crippen LogP contribution in [0.1, 0.15) is 30.7 Å². The SMILES string of the molecule is Cc1cc(C)c2nonc2c1S(=O)(=O)NCc1cncn1CC(C)C. The normalized spacial score (nSPS) is 12.4. The van der Waals surface area contributed by atoms with Crippen molar-refractivity contribution in [3.8, 4) is 0 Å². The van der Waals surface area contributed by atoms with Gasteiger partial charge in [0.15, 0.2) is 5.52 Å². The minimum Gasteiger partial charge on any atom is -0.333 e. The third-order valence-electron chi connectivity index (χ3n) is 3.94. The average molecular weight is 363 g/mol. The Labute approximate surface area is 146 Å². The summed E-state index contributed by atoms with van der Waals surface area (Å²) < 4.78 is 35.0. The molecular weight excluding hydrogens is 342 g/mol. The standard InChI is InChI=1S/C16H21N5O3S/c1-10(2)8-21-9-17-6-13(21)7-18-25(22,23)16-12(4)5-11(3)14-15(16)20-24-19-14/h5-6,9-10,18H,7-8H2,1-4H3. The topological polar surface area (TPSA) is 103 Å². The van der Waals surface area contributed by atoms with E-state index in [1.54, 1.807) is 25.5 Å². The quantitative estimate of drug-likeness (QED) is 0.720. The third kappa shape index (κ3) is 3.42. The Hall–Kier alpha value is -2.26. The molecule has 3 aromatic rings. The van der Waals surface area contributed by atoms with E-state index in [-0.39, 0.29) is 17.0 Å². The van der Waals surface area contributed by atoms with Gasteiger partial charge >= 0.3 is 0 Å². The number of rotatable bonds is 6. The van der Waals surface area contributed by atoms with E-state index < -0.39 is 10.0 Å². The van der Waals surface area contributed by atoms with E-state index >= 15 is 0 Å². The van der Waals surface area contributed by atoms with Crippen molar-refractivity contribution in [2.45, 2.75) is 45.7 Å². The van der Waals surface area contributed by atoms with Gasteiger partial charge in [-0.25, -0.2) is 22.8 Å². The van der Waals surface area contributed by atoms with Crippen LogP contribution in [0.3, 0.4) is 0 Å². The highest BCUT2D eigenvalue weighted by Crippen LogP contribution is 2.27. The second-order valence-electron chi connectivity index (χ2n) is 6.56. The first kappa shape index (κ1) is 17.6. The molecule has 134 valence electrons. The molecule has 3 rings (SSSR count). The van der Waals surface area contributed by atoms with Gasteiger partial charge in [0.2, 0.25) is 10.0 Å². The van der Waals surface area contributed by atoms with Crippen molar-refractivity contribution in [2.24, 2.45) is 5.92 Å². The van der Waals surface area contributed by atoms with Crippen molar-refractivity contribution in [3.05, 3.63) is 35.4 Å². The predicted molar refractivity (Wildman–Crippen MR) is 92.4 cm³/mol. The van der Waals surface area contributed by atoms with Crippen molar-refractivity contribution in [2.75, 3.05) is 0 Å². The number of benzene rings is 1. The molecule has 9 heteroatoms. The highest BCUT2D eigenvalue weighted by molar-refractivity contribution is 7.89. The van der Waals surface area contributed by atoms with Gasteiger partial charge in [-0.1, -0.05) is 19.9 Å². The van der Waals surface area contributed by atoms with Gasteiger partial charge in [-0.2, -0.15) is 0 Å². The van der Waals surface area contributed by atoms with Gasteiger partial charge in [0, 0.05) is 12.7 Å². The van der Waals surface area contributed by atoms with Crippen molar-refractivity contribution in [1.82, 2.24) is 24.6 Å². The maximum absolute atomic E-state index is 12.9. The van der Waals surface area contributed by atoms with Gasteiger partial charge in [0.05, 0.1) is 18.6 Å². The summed E-state index contributed by atoms with van der Waals surface area (Å²) in [5, 5.41) is 7.58. The third-order valence-corrected chi connectivity index (χ3v) is 5.52. The van der Waals surface area contributed by atoms with Crippen LogP contribution in [0.25, 0.3) is 11.0 Å². The van der Waals surface area contributed by atoms with Crippen LogP contribution in [-0.4, -0.2) is 28.3 Å². The van der Waals surface area contributed by atoms with E-state index in [0.29, 0.717) is 17.0 Å². The smallest absolute Gasteiger partial charge is 0.243 e. The Morgan fingerprint density at radius 2 is 1.92 bits per heavy atom. The lowest BCUT2D eigenvalue weighted by molar-refractivity contribution is 0.315. The molecule has 0 fully saturated rings. The van der Waals surface area contributed by atoms with Crippen molar-refractivity contribution in [1.29, 1.82) is 0 Å². The molecule has 0 saturated heterocycles. The van der Waals surface area contributed by atoms with Gasteiger partial charge in [-0.05, 0) is 41.2 Å². The molecule has 1 aromatic carbocycles. The number of aromatic nitrogens is 4. The van der Waals surface area contributed by atoms with Crippen LogP contribution in [0, 0.1) is 19.8 Å². The van der Waals surface area contributed by atoms with Crippen LogP contribution in [0.4, 0.5) is 0 Å². The van der Waals surface area contributed by atoms with Crippen LogP contribution in [0.2, 0.25) is 0 Å². The number of sulfonamides is 1. The maximum atomic E-state index is 12.9. The molecule has 0 aliphatic rings. The van der Waals surface area contributed by atoms with Crippen LogP contribution in [0.15, 0.2) is 28.1 Å². The lowest BCUT2D eigenvalue weighted by Gasteiger charge is -2.13. The van der Waals surface area contributed by atoms with E-state index in [4.69, 9.17) is 4.63 Å². The highest BCUT2D eigenvalue weighted by Gasteiger charge is 2.24. The molecule has 2 heterocycles. The van der Waals surface area contributed by atoms with E-state index in [1.807, 2.05) is 11.5 Å². The molecule has 0 bridgehead atoms. The fourth-order valence-electron chi connectivity index (χ4n) is 2.88. The van der Waals surface area contributed by atoms with Gasteiger partial charge in [-0.15, -0.1) is 0 Å². The molecule has 0 amide bonds. The van der Waals surface area contributed by atoms with Crippen LogP contribution < -0.4 is 4.72 Å². The number of aryl methyl sites for hydroxylation is 2. The fraction of sp³-hybridized carbons (Fsp3) is 0.438. The van der Waals surface area contributed by atoms with Gasteiger partial charge in [0.1, 0.15) is 10.4 Å². The van der Waals surface area contributed by atoms with Crippen molar-refractivity contribution < 1.29 is 13.0 Å². The lowest BCUT2D eigenvalue weighted by atomic mass is 10.1. The first-order valence-electron chi connectivity index (χ1n) is 8.00. The Kier molecular flexibility index (Phi) is 4.61. The zero-order valence-electron chi connectivity index (χ0n) is 14.6. The Morgan fingerprint density at radius 1 is 1.20 bits per heavy atom. The molecule has 1 N–H and O–H groups in total. The number of hydrogen-bond acceptors (Lipinski definition) is 6. The Morgan fingerprint density at radius 3 is 2.64 bits per heavy atom. The average Bonchev–Trinajstić information content (AvgIpc) is 3.13. The van der Waals surface area contributed by atoms with E-state index in [9.17, 15) is 8.42 Å². The number of nitrogens with one attached hydrogen (secondary N) is 1. The Bertz CT molecular complexity index is 1000. The molecule has 0 radical (unpaired) electrons. The highest BCUT2D eigenvalue weighted by atomic mass is 32.2. The molecule has 0 atom stereocenters. The molecule has 0 saturated carbocycles. The lowest BCUT2D eigenvalue weighted by Crippen LogP contribution is -2.26. The van der Waals surface area contributed by atoms with Crippen LogP contribution in [-0.2, 0) is 23.1 Å². The van der Waals surface area contributed by atoms with Gasteiger partial charge < -0.3 is 4.57 Å². The summed E-state index contributed by atoms with van der Waals surface area (Å²) in [5.41, 5.74) is 2.93. The second-order valence-corrected chi connectivity index (χ2v) is 8.26. The number of fused-ring (bicyclic) bond motifs is 1. The monoisotopic (exact) mass is 363 g/mol. The first-order chi connectivity index (χ1) is 11.8. The molecule has 0 aliphatic heterocycles. The van der Waals surface area contributed by atoms with E-state index in [2.05, 4.69) is 33.9 Å². The van der Waals surface area contributed by atoms with Crippen LogP contribution in [0.5, 0.6) is 0 Å². The molecule has 8 nitrogen and oxygen atoms in total. The first-order valence-corrected chi connectivity index (χ1v) is 9.49. The molecule has 0 unspecified atom stereocenters. The van der Waals surface area contributed by atoms with Crippen molar-refractivity contribution >= 4 is 21.1 Å². The zero-order chi connectivity index (χ0) is 18.2. The summed E-state index contributed by atoms with van der Waals surface area (Å²) in [4.78, 5) is 4.21. The summed E-state index contributed by atoms with van der Waals surface area (Å²) in [5.74, 6) is 0.435. The van der Waals surface area contributed by atoms with Crippen LogP contribution >= 0.6 is 0 Å². The fourth-order valence-corrected chi connectivity index (χ4v) is 4.23. The number of nitrogens with zero attached hydrogens (tertiary/aromatic N) is 4. The van der Waals surface area contributed by atoms with E-state index in [1.165, 1.54) is 0 Å². The minimum absolute atomic E-state index is 0.101. The number of imidazole rings is 1. The Balaban J connectivity index is 1.91. The largest absolute Gasteiger partial charge is 0.333 e. The summed E-state index contributed by atoms with van der Waals surface area (Å²) >= 11 is 0. The molecule has 25 heavy (non-hydrogen) atoms. The molecular formula is C16H21N5O3S. The summed E-state index contributed by atoms with van der Waals surface area (Å²) in [6.07, 6.45) is 3.38. The zero-order valence-corrected chi connectivity index (χ0v) is 15.5. The second kappa shape index (κ2) is 6.57. The minimum atomic E-state index is -3.78. The number of hydrogen-bond donors (Lipinski definition) is 1. The van der Waals surface area contributed by atoms with Gasteiger partial charge in [-0.3, -0.25) is 0 Å². The predicted octanol–water partition coefficient (Wildman–Crippen LogP) is 2.17. The molecule has 0 spiro atoms. The summed E-state index contributed by atoms with van der Waals surface area (Å²) in [7, 11) is -3.78. The molecule has 0 aliphatic carbocycles. The van der Waals surface area contributed by atoms with Crippen molar-refractivity contribution in [3.63, 3.8) is 0 Å².